The first-order valence-corrected chi connectivity index (χ1v) is 7.80. The maximum absolute atomic E-state index is 12.5. The van der Waals surface area contributed by atoms with Crippen LogP contribution in [0.5, 0.6) is 0 Å². The third kappa shape index (κ3) is 2.82. The minimum absolute atomic E-state index is 0.0291. The van der Waals surface area contributed by atoms with Gasteiger partial charge >= 0.3 is 0 Å². The molecule has 1 aliphatic heterocycles. The number of allylic oxidation sites excluding steroid dienone is 4. The van der Waals surface area contributed by atoms with Gasteiger partial charge in [-0.25, -0.2) is 0 Å². The third-order valence-electron chi connectivity index (χ3n) is 5.20. The van der Waals surface area contributed by atoms with Crippen LogP contribution >= 0.6 is 0 Å². The third-order valence-corrected chi connectivity index (χ3v) is 5.20. The topological polar surface area (TPSA) is 66.9 Å². The molecule has 1 aliphatic carbocycles. The van der Waals surface area contributed by atoms with Gasteiger partial charge < -0.3 is 9.84 Å². The van der Waals surface area contributed by atoms with E-state index in [4.69, 9.17) is 4.74 Å². The fraction of sp³-hybridized carbons (Fsp3) is 0.667. The summed E-state index contributed by atoms with van der Waals surface area (Å²) in [6, 6.07) is 0. The predicted octanol–water partition coefficient (Wildman–Crippen LogP) is 2.75. The van der Waals surface area contributed by atoms with E-state index >= 15 is 0 Å². The minimum atomic E-state index is -0.490. The van der Waals surface area contributed by atoms with Crippen LogP contribution in [0.4, 0.5) is 0 Å². The van der Waals surface area contributed by atoms with Crippen molar-refractivity contribution in [1.82, 2.24) is 0 Å². The standard InChI is InChI=1S/C18H26O4/c1-12(7-6-8-13(2)19)15(21)11-18-16(3,4)9-14(20)10-17(18,5)22-18/h6-8,14,20H,9-11H2,1-5H3. The normalized spacial score (nSPS) is 37.0. The van der Waals surface area contributed by atoms with E-state index in [0.29, 0.717) is 24.8 Å². The number of aliphatic hydroxyl groups excluding tert-OH is 1. The number of hydrogen-bond acceptors (Lipinski definition) is 4. The Morgan fingerprint density at radius 2 is 1.86 bits per heavy atom. The lowest BCUT2D eigenvalue weighted by Crippen LogP contribution is -2.48. The zero-order valence-electron chi connectivity index (χ0n) is 14.1. The second kappa shape index (κ2) is 5.43. The molecule has 1 N–H and O–H groups in total. The van der Waals surface area contributed by atoms with Gasteiger partial charge in [-0.1, -0.05) is 26.0 Å². The van der Waals surface area contributed by atoms with Crippen molar-refractivity contribution in [2.75, 3.05) is 0 Å². The quantitative estimate of drug-likeness (QED) is 0.482. The molecule has 22 heavy (non-hydrogen) atoms. The molecule has 2 rings (SSSR count). The van der Waals surface area contributed by atoms with Crippen LogP contribution in [-0.4, -0.2) is 34.0 Å². The van der Waals surface area contributed by atoms with E-state index in [9.17, 15) is 14.7 Å². The summed E-state index contributed by atoms with van der Waals surface area (Å²) < 4.78 is 6.02. The molecule has 122 valence electrons. The molecular formula is C18H26O4. The van der Waals surface area contributed by atoms with Crippen molar-refractivity contribution in [2.45, 2.75) is 71.2 Å². The Hall–Kier alpha value is -1.26. The van der Waals surface area contributed by atoms with Gasteiger partial charge in [-0.3, -0.25) is 9.59 Å². The second-order valence-corrected chi connectivity index (χ2v) is 7.53. The van der Waals surface area contributed by atoms with E-state index in [-0.39, 0.29) is 23.1 Å². The number of carbonyl (C=O) groups excluding carboxylic acids is 2. The van der Waals surface area contributed by atoms with Gasteiger partial charge in [-0.05, 0) is 44.3 Å². The monoisotopic (exact) mass is 306 g/mol. The first-order chi connectivity index (χ1) is 10.0. The van der Waals surface area contributed by atoms with Crippen molar-refractivity contribution >= 4 is 11.6 Å². The van der Waals surface area contributed by atoms with Crippen molar-refractivity contribution in [1.29, 1.82) is 0 Å². The number of rotatable bonds is 5. The SMILES string of the molecule is CC(=O)C=CC=C(C)C(=O)CC12OC1(C)CC(O)CC2(C)C. The molecule has 3 unspecified atom stereocenters. The molecule has 0 amide bonds. The Bertz CT molecular complexity index is 557. The van der Waals surface area contributed by atoms with E-state index in [1.54, 1.807) is 19.1 Å². The number of carbonyl (C=O) groups is 2. The van der Waals surface area contributed by atoms with Gasteiger partial charge in [0.25, 0.3) is 0 Å². The summed E-state index contributed by atoms with van der Waals surface area (Å²) in [5, 5.41) is 10.0. The highest BCUT2D eigenvalue weighted by Gasteiger charge is 2.76. The van der Waals surface area contributed by atoms with Crippen LogP contribution in [0.1, 0.15) is 53.9 Å². The zero-order valence-corrected chi connectivity index (χ0v) is 14.1. The van der Waals surface area contributed by atoms with Crippen LogP contribution in [0.15, 0.2) is 23.8 Å². The van der Waals surface area contributed by atoms with Gasteiger partial charge in [0.15, 0.2) is 11.6 Å². The molecule has 0 radical (unpaired) electrons. The van der Waals surface area contributed by atoms with Crippen LogP contribution in [0.3, 0.4) is 0 Å². The summed E-state index contributed by atoms with van der Waals surface area (Å²) in [7, 11) is 0. The zero-order chi connectivity index (χ0) is 16.8. The highest BCUT2D eigenvalue weighted by atomic mass is 16.6. The van der Waals surface area contributed by atoms with Crippen molar-refractivity contribution in [3.8, 4) is 0 Å². The van der Waals surface area contributed by atoms with Gasteiger partial charge in [-0.2, -0.15) is 0 Å². The van der Waals surface area contributed by atoms with Gasteiger partial charge in [0.05, 0.1) is 11.7 Å². The van der Waals surface area contributed by atoms with Crippen LogP contribution in [0, 0.1) is 5.41 Å². The summed E-state index contributed by atoms with van der Waals surface area (Å²) in [6.45, 7) is 9.33. The molecule has 4 nitrogen and oxygen atoms in total. The summed E-state index contributed by atoms with van der Waals surface area (Å²) in [6.07, 6.45) is 5.88. The van der Waals surface area contributed by atoms with Crippen LogP contribution in [-0.2, 0) is 14.3 Å². The number of aliphatic hydroxyl groups is 1. The molecule has 2 fully saturated rings. The molecular weight excluding hydrogens is 280 g/mol. The van der Waals surface area contributed by atoms with Crippen LogP contribution in [0.2, 0.25) is 0 Å². The maximum Gasteiger partial charge on any atom is 0.161 e. The van der Waals surface area contributed by atoms with Crippen molar-refractivity contribution in [3.05, 3.63) is 23.8 Å². The lowest BCUT2D eigenvalue weighted by atomic mass is 9.61. The number of fused-ring (bicyclic) bond motifs is 1. The molecule has 0 aromatic carbocycles. The average Bonchev–Trinajstić information content (AvgIpc) is 2.93. The van der Waals surface area contributed by atoms with E-state index < -0.39 is 11.2 Å². The molecule has 0 spiro atoms. The highest BCUT2D eigenvalue weighted by Crippen LogP contribution is 2.67. The molecule has 3 atom stereocenters. The number of ether oxygens (including phenoxy) is 1. The molecule has 2 aliphatic rings. The molecule has 1 saturated carbocycles. The summed E-state index contributed by atoms with van der Waals surface area (Å²) in [4.78, 5) is 23.4. The minimum Gasteiger partial charge on any atom is -0.393 e. The van der Waals surface area contributed by atoms with E-state index in [1.165, 1.54) is 13.0 Å². The largest absolute Gasteiger partial charge is 0.393 e. The van der Waals surface area contributed by atoms with E-state index in [0.717, 1.165) is 0 Å². The van der Waals surface area contributed by atoms with Gasteiger partial charge in [0, 0.05) is 12.8 Å². The second-order valence-electron chi connectivity index (χ2n) is 7.53. The number of hydrogen-bond donors (Lipinski definition) is 1. The number of epoxide rings is 1. The first-order valence-electron chi connectivity index (χ1n) is 7.80. The lowest BCUT2D eigenvalue weighted by molar-refractivity contribution is -0.118. The number of ketones is 2. The average molecular weight is 306 g/mol. The predicted molar refractivity (Wildman–Crippen MR) is 84.4 cm³/mol. The maximum atomic E-state index is 12.5. The smallest absolute Gasteiger partial charge is 0.161 e. The van der Waals surface area contributed by atoms with E-state index in [2.05, 4.69) is 13.8 Å². The molecule has 4 heteroatoms. The van der Waals surface area contributed by atoms with Crippen LogP contribution < -0.4 is 0 Å². The Kier molecular flexibility index (Phi) is 4.22. The Balaban J connectivity index is 2.13. The summed E-state index contributed by atoms with van der Waals surface area (Å²) >= 11 is 0. The van der Waals surface area contributed by atoms with Crippen molar-refractivity contribution in [2.24, 2.45) is 5.41 Å². The van der Waals surface area contributed by atoms with Crippen molar-refractivity contribution < 1.29 is 19.4 Å². The fourth-order valence-electron chi connectivity index (χ4n) is 3.94. The lowest BCUT2D eigenvalue weighted by Gasteiger charge is -2.40. The summed E-state index contributed by atoms with van der Waals surface area (Å²) in [5.74, 6) is -0.0167. The number of Topliss-reactive ketones (excluding diaryl/α,β-unsaturated/α-hetero) is 1. The van der Waals surface area contributed by atoms with Crippen molar-refractivity contribution in [3.63, 3.8) is 0 Å². The Morgan fingerprint density at radius 1 is 1.23 bits per heavy atom. The Morgan fingerprint density at radius 3 is 2.41 bits per heavy atom. The van der Waals surface area contributed by atoms with E-state index in [1.807, 2.05) is 6.92 Å². The summed E-state index contributed by atoms with van der Waals surface area (Å²) in [5.41, 5.74) is -0.536. The van der Waals surface area contributed by atoms with Gasteiger partial charge in [-0.15, -0.1) is 0 Å². The molecule has 0 aromatic rings. The van der Waals surface area contributed by atoms with Gasteiger partial charge in [0.1, 0.15) is 5.60 Å². The molecule has 0 bridgehead atoms. The highest BCUT2D eigenvalue weighted by molar-refractivity contribution is 5.96. The van der Waals surface area contributed by atoms with Crippen LogP contribution in [0.25, 0.3) is 0 Å². The fourth-order valence-corrected chi connectivity index (χ4v) is 3.94. The molecule has 1 heterocycles. The molecule has 0 aromatic heterocycles. The first kappa shape index (κ1) is 17.1. The molecule has 1 saturated heterocycles. The Labute approximate surface area is 132 Å². The van der Waals surface area contributed by atoms with Gasteiger partial charge in [0.2, 0.25) is 0 Å².